The molecule has 9 heteroatoms. The lowest BCUT2D eigenvalue weighted by Crippen LogP contribution is -2.46. The lowest BCUT2D eigenvalue weighted by molar-refractivity contribution is 0.482. The average molecular weight is 441 g/mol. The molecule has 0 saturated carbocycles. The molecule has 0 N–H and O–H groups in total. The number of nitrogens with zero attached hydrogens (tertiary/aromatic N) is 8. The summed E-state index contributed by atoms with van der Waals surface area (Å²) in [5.41, 5.74) is 5.58. The Balaban J connectivity index is 1.14. The molecule has 33 heavy (non-hydrogen) atoms. The lowest BCUT2D eigenvalue weighted by Gasteiger charge is -2.34. The highest BCUT2D eigenvalue weighted by atomic mass is 16.4. The van der Waals surface area contributed by atoms with Crippen LogP contribution in [0.1, 0.15) is 11.5 Å². The summed E-state index contributed by atoms with van der Waals surface area (Å²) < 4.78 is 9.69. The monoisotopic (exact) mass is 440 g/mol. The van der Waals surface area contributed by atoms with Gasteiger partial charge in [-0.2, -0.15) is 10.2 Å². The molecule has 0 amide bonds. The number of aryl methyl sites for hydroxylation is 1. The maximum Gasteiger partial charge on any atom is 0.318 e. The van der Waals surface area contributed by atoms with Crippen molar-refractivity contribution in [1.29, 1.82) is 0 Å². The first kappa shape index (κ1) is 19.5. The summed E-state index contributed by atoms with van der Waals surface area (Å²) in [5, 5.41) is 17.4. The summed E-state index contributed by atoms with van der Waals surface area (Å²) in [6.45, 7) is 3.36. The predicted octanol–water partition coefficient (Wildman–Crippen LogP) is 3.04. The molecule has 9 nitrogen and oxygen atoms in total. The molecule has 5 heterocycles. The molecule has 0 spiro atoms. The number of benzene rings is 1. The van der Waals surface area contributed by atoms with Crippen LogP contribution in [0.25, 0.3) is 16.6 Å². The summed E-state index contributed by atoms with van der Waals surface area (Å²) in [6.07, 6.45) is 8.53. The van der Waals surface area contributed by atoms with E-state index in [1.807, 2.05) is 53.0 Å². The van der Waals surface area contributed by atoms with Gasteiger partial charge < -0.3 is 14.2 Å². The van der Waals surface area contributed by atoms with Crippen LogP contribution in [0.4, 0.5) is 11.7 Å². The van der Waals surface area contributed by atoms with Crippen LogP contribution in [0.2, 0.25) is 0 Å². The van der Waals surface area contributed by atoms with Gasteiger partial charge in [-0.05, 0) is 11.6 Å². The number of hydrogen-bond donors (Lipinski definition) is 0. The van der Waals surface area contributed by atoms with Crippen molar-refractivity contribution in [1.82, 2.24) is 29.6 Å². The number of fused-ring (bicyclic) bond motifs is 1. The summed E-state index contributed by atoms with van der Waals surface area (Å²) in [6, 6.07) is 15.0. The minimum Gasteiger partial charge on any atom is -0.408 e. The van der Waals surface area contributed by atoms with E-state index >= 15 is 0 Å². The molecular weight excluding hydrogens is 416 g/mol. The first-order valence-electron chi connectivity index (χ1n) is 11.1. The van der Waals surface area contributed by atoms with Crippen LogP contribution in [0.3, 0.4) is 0 Å². The summed E-state index contributed by atoms with van der Waals surface area (Å²) in [7, 11) is 1.92. The van der Waals surface area contributed by atoms with Crippen LogP contribution in [-0.4, -0.2) is 55.8 Å². The smallest absolute Gasteiger partial charge is 0.318 e. The number of aromatic nitrogens is 6. The highest BCUT2D eigenvalue weighted by molar-refractivity contribution is 5.75. The molecule has 0 atom stereocenters. The van der Waals surface area contributed by atoms with Crippen molar-refractivity contribution < 1.29 is 4.42 Å². The minimum absolute atomic E-state index is 0.599. The van der Waals surface area contributed by atoms with Gasteiger partial charge in [0.1, 0.15) is 0 Å². The first-order chi connectivity index (χ1) is 16.2. The van der Waals surface area contributed by atoms with Crippen molar-refractivity contribution in [3.63, 3.8) is 0 Å². The van der Waals surface area contributed by atoms with Gasteiger partial charge in [-0.15, -0.1) is 5.10 Å². The normalized spacial score (nSPS) is 14.3. The minimum atomic E-state index is 0.599. The SMILES string of the molecule is Cn1cc(-c2ccc3c(N4CCN(c5nnc(Cc6ccccc6)o5)CC4)cnn3c2)cn1. The second kappa shape index (κ2) is 8.09. The van der Waals surface area contributed by atoms with Gasteiger partial charge in [-0.25, -0.2) is 4.52 Å². The third-order valence-electron chi connectivity index (χ3n) is 6.08. The summed E-state index contributed by atoms with van der Waals surface area (Å²) in [4.78, 5) is 4.52. The molecule has 1 aromatic carbocycles. The molecule has 0 aliphatic carbocycles. The van der Waals surface area contributed by atoms with E-state index in [9.17, 15) is 0 Å². The molecule has 1 saturated heterocycles. The zero-order chi connectivity index (χ0) is 22.2. The van der Waals surface area contributed by atoms with E-state index in [1.54, 1.807) is 0 Å². The molecule has 0 radical (unpaired) electrons. The van der Waals surface area contributed by atoms with Crippen LogP contribution in [0.15, 0.2) is 71.7 Å². The fourth-order valence-corrected chi connectivity index (χ4v) is 4.31. The second-order valence-corrected chi connectivity index (χ2v) is 8.29. The van der Waals surface area contributed by atoms with Crippen molar-refractivity contribution in [3.05, 3.63) is 78.7 Å². The molecule has 1 aliphatic heterocycles. The van der Waals surface area contributed by atoms with Crippen molar-refractivity contribution in [3.8, 4) is 11.1 Å². The molecular formula is C24H24N8O. The van der Waals surface area contributed by atoms with E-state index in [1.165, 1.54) is 0 Å². The van der Waals surface area contributed by atoms with Gasteiger partial charge >= 0.3 is 6.01 Å². The van der Waals surface area contributed by atoms with Crippen LogP contribution in [0, 0.1) is 0 Å². The largest absolute Gasteiger partial charge is 0.408 e. The van der Waals surface area contributed by atoms with E-state index in [0.29, 0.717) is 18.3 Å². The third-order valence-corrected chi connectivity index (χ3v) is 6.08. The molecule has 0 bridgehead atoms. The highest BCUT2D eigenvalue weighted by Gasteiger charge is 2.23. The van der Waals surface area contributed by atoms with Crippen molar-refractivity contribution in [2.75, 3.05) is 36.0 Å². The molecule has 5 aromatic rings. The Morgan fingerprint density at radius 3 is 2.42 bits per heavy atom. The Morgan fingerprint density at radius 2 is 1.64 bits per heavy atom. The van der Waals surface area contributed by atoms with Gasteiger partial charge in [0, 0.05) is 56.7 Å². The molecule has 1 fully saturated rings. The first-order valence-corrected chi connectivity index (χ1v) is 11.1. The summed E-state index contributed by atoms with van der Waals surface area (Å²) in [5.74, 6) is 0.644. The Bertz CT molecular complexity index is 1380. The maximum absolute atomic E-state index is 5.94. The molecule has 4 aromatic heterocycles. The highest BCUT2D eigenvalue weighted by Crippen LogP contribution is 2.27. The van der Waals surface area contributed by atoms with E-state index in [4.69, 9.17) is 4.42 Å². The molecule has 6 rings (SSSR count). The van der Waals surface area contributed by atoms with Gasteiger partial charge in [0.15, 0.2) is 0 Å². The third kappa shape index (κ3) is 3.82. The zero-order valence-corrected chi connectivity index (χ0v) is 18.4. The van der Waals surface area contributed by atoms with E-state index < -0.39 is 0 Å². The van der Waals surface area contributed by atoms with E-state index in [2.05, 4.69) is 60.7 Å². The Labute approximate surface area is 190 Å². The number of anilines is 2. The fraction of sp³-hybridized carbons (Fsp3) is 0.250. The molecule has 166 valence electrons. The van der Waals surface area contributed by atoms with Crippen molar-refractivity contribution >= 4 is 17.2 Å². The number of piperazine rings is 1. The average Bonchev–Trinajstić information content (AvgIpc) is 3.59. The Hall–Kier alpha value is -4.14. The standard InChI is InChI=1S/C24H24N8O/c1-29-16-20(14-25-29)19-7-8-21-22(15-26-32(21)17-19)30-9-11-31(12-10-30)24-28-27-23(33-24)13-18-5-3-2-4-6-18/h2-8,14-17H,9-13H2,1H3. The van der Waals surface area contributed by atoms with Crippen LogP contribution < -0.4 is 9.80 Å². The predicted molar refractivity (Wildman–Crippen MR) is 125 cm³/mol. The van der Waals surface area contributed by atoms with Gasteiger partial charge in [-0.1, -0.05) is 41.5 Å². The second-order valence-electron chi connectivity index (χ2n) is 8.29. The lowest BCUT2D eigenvalue weighted by atomic mass is 10.1. The Kier molecular flexibility index (Phi) is 4.79. The zero-order valence-electron chi connectivity index (χ0n) is 18.4. The van der Waals surface area contributed by atoms with Gasteiger partial charge in [-0.3, -0.25) is 4.68 Å². The van der Waals surface area contributed by atoms with E-state index in [-0.39, 0.29) is 0 Å². The summed E-state index contributed by atoms with van der Waals surface area (Å²) >= 11 is 0. The van der Waals surface area contributed by atoms with Crippen molar-refractivity contribution in [2.24, 2.45) is 7.05 Å². The van der Waals surface area contributed by atoms with Gasteiger partial charge in [0.25, 0.3) is 0 Å². The number of pyridine rings is 1. The number of rotatable bonds is 5. The molecule has 1 aliphatic rings. The molecule has 0 unspecified atom stereocenters. The Morgan fingerprint density at radius 1 is 0.818 bits per heavy atom. The van der Waals surface area contributed by atoms with Gasteiger partial charge in [0.05, 0.1) is 30.0 Å². The van der Waals surface area contributed by atoms with Crippen LogP contribution in [-0.2, 0) is 13.5 Å². The van der Waals surface area contributed by atoms with Gasteiger partial charge in [0.2, 0.25) is 5.89 Å². The number of hydrogen-bond acceptors (Lipinski definition) is 7. The topological polar surface area (TPSA) is 80.5 Å². The van der Waals surface area contributed by atoms with Crippen LogP contribution in [0.5, 0.6) is 0 Å². The maximum atomic E-state index is 5.94. The van der Waals surface area contributed by atoms with Crippen molar-refractivity contribution in [2.45, 2.75) is 6.42 Å². The quantitative estimate of drug-likeness (QED) is 0.416. The fourth-order valence-electron chi connectivity index (χ4n) is 4.31. The van der Waals surface area contributed by atoms with Crippen LogP contribution >= 0.6 is 0 Å². The van der Waals surface area contributed by atoms with E-state index in [0.717, 1.165) is 54.1 Å².